The Hall–Kier alpha value is -2.77. The molecule has 1 saturated heterocycles. The SMILES string of the molecule is CC(C)COC(=O)N1CCCC(CNC(=O)[C@H](CC(C)C)NC(=O)OCc2ccccc2)C1. The molecule has 0 aliphatic carbocycles. The molecule has 0 bridgehead atoms. The fraction of sp³-hybridized carbons (Fsp3) is 0.640. The predicted molar refractivity (Wildman–Crippen MR) is 126 cm³/mol. The van der Waals surface area contributed by atoms with Crippen molar-refractivity contribution in [1.29, 1.82) is 0 Å². The zero-order valence-electron chi connectivity index (χ0n) is 20.3. The molecule has 1 aromatic carbocycles. The van der Waals surface area contributed by atoms with Gasteiger partial charge in [0, 0.05) is 19.6 Å². The molecule has 3 amide bonds. The van der Waals surface area contributed by atoms with Gasteiger partial charge in [-0.25, -0.2) is 9.59 Å². The van der Waals surface area contributed by atoms with Crippen LogP contribution in [0.5, 0.6) is 0 Å². The summed E-state index contributed by atoms with van der Waals surface area (Å²) in [5.41, 5.74) is 0.881. The number of hydrogen-bond donors (Lipinski definition) is 2. The van der Waals surface area contributed by atoms with Gasteiger partial charge >= 0.3 is 12.2 Å². The van der Waals surface area contributed by atoms with E-state index in [1.54, 1.807) is 4.90 Å². The molecule has 1 fully saturated rings. The van der Waals surface area contributed by atoms with Crippen LogP contribution < -0.4 is 10.6 Å². The van der Waals surface area contributed by atoms with E-state index in [4.69, 9.17) is 9.47 Å². The molecule has 2 rings (SSSR count). The van der Waals surface area contributed by atoms with Crippen molar-refractivity contribution in [2.24, 2.45) is 17.8 Å². The summed E-state index contributed by atoms with van der Waals surface area (Å²) >= 11 is 0. The van der Waals surface area contributed by atoms with Gasteiger partial charge in [-0.2, -0.15) is 0 Å². The lowest BCUT2D eigenvalue weighted by Gasteiger charge is -2.32. The van der Waals surface area contributed by atoms with Gasteiger partial charge in [0.25, 0.3) is 0 Å². The highest BCUT2D eigenvalue weighted by molar-refractivity contribution is 5.85. The van der Waals surface area contributed by atoms with Gasteiger partial charge in [0.15, 0.2) is 0 Å². The number of hydrogen-bond acceptors (Lipinski definition) is 5. The number of benzene rings is 1. The molecule has 1 aliphatic rings. The van der Waals surface area contributed by atoms with Crippen LogP contribution in [-0.4, -0.2) is 55.3 Å². The number of likely N-dealkylation sites (tertiary alicyclic amines) is 1. The fourth-order valence-electron chi connectivity index (χ4n) is 3.70. The van der Waals surface area contributed by atoms with E-state index < -0.39 is 12.1 Å². The van der Waals surface area contributed by atoms with Crippen molar-refractivity contribution in [3.05, 3.63) is 35.9 Å². The van der Waals surface area contributed by atoms with Crippen LogP contribution in [0.3, 0.4) is 0 Å². The summed E-state index contributed by atoms with van der Waals surface area (Å²) in [6, 6.07) is 8.72. The fourth-order valence-corrected chi connectivity index (χ4v) is 3.70. The van der Waals surface area contributed by atoms with Gasteiger partial charge in [0.05, 0.1) is 6.61 Å². The summed E-state index contributed by atoms with van der Waals surface area (Å²) in [5.74, 6) is 0.425. The summed E-state index contributed by atoms with van der Waals surface area (Å²) in [6.45, 7) is 10.2. The zero-order valence-corrected chi connectivity index (χ0v) is 20.3. The van der Waals surface area contributed by atoms with Gasteiger partial charge in [-0.1, -0.05) is 58.0 Å². The largest absolute Gasteiger partial charge is 0.449 e. The van der Waals surface area contributed by atoms with Crippen LogP contribution in [0.2, 0.25) is 0 Å². The first-order valence-electron chi connectivity index (χ1n) is 11.9. The molecule has 1 aromatic rings. The zero-order chi connectivity index (χ0) is 24.2. The van der Waals surface area contributed by atoms with Crippen LogP contribution in [0.25, 0.3) is 0 Å². The summed E-state index contributed by atoms with van der Waals surface area (Å²) in [6.07, 6.45) is 1.40. The minimum Gasteiger partial charge on any atom is -0.449 e. The first kappa shape index (κ1) is 26.5. The Labute approximate surface area is 197 Å². The van der Waals surface area contributed by atoms with E-state index in [2.05, 4.69) is 10.6 Å². The van der Waals surface area contributed by atoms with E-state index in [9.17, 15) is 14.4 Å². The third-order valence-corrected chi connectivity index (χ3v) is 5.41. The van der Waals surface area contributed by atoms with Crippen LogP contribution in [-0.2, 0) is 20.9 Å². The number of rotatable bonds is 10. The van der Waals surface area contributed by atoms with E-state index in [0.717, 1.165) is 18.4 Å². The van der Waals surface area contributed by atoms with Gasteiger partial charge in [-0.05, 0) is 42.6 Å². The highest BCUT2D eigenvalue weighted by atomic mass is 16.6. The lowest BCUT2D eigenvalue weighted by Crippen LogP contribution is -2.50. The van der Waals surface area contributed by atoms with Crippen molar-refractivity contribution in [1.82, 2.24) is 15.5 Å². The molecule has 0 aromatic heterocycles. The Balaban J connectivity index is 1.82. The monoisotopic (exact) mass is 461 g/mol. The smallest absolute Gasteiger partial charge is 0.409 e. The average Bonchev–Trinajstić information content (AvgIpc) is 2.79. The number of nitrogens with one attached hydrogen (secondary N) is 2. The lowest BCUT2D eigenvalue weighted by atomic mass is 9.97. The minimum atomic E-state index is -0.677. The van der Waals surface area contributed by atoms with Crippen molar-refractivity contribution in [2.45, 2.75) is 59.6 Å². The first-order chi connectivity index (χ1) is 15.7. The standard InChI is InChI=1S/C25H39N3O5/c1-18(2)13-22(27-24(30)32-17-20-9-6-5-7-10-20)23(29)26-14-21-11-8-12-28(15-21)25(31)33-16-19(3)4/h5-7,9-10,18-19,21-22H,8,11-17H2,1-4H3,(H,26,29)(H,27,30)/t21?,22-/m0/s1. The third kappa shape index (κ3) is 10.1. The van der Waals surface area contributed by atoms with Crippen molar-refractivity contribution >= 4 is 18.1 Å². The molecule has 33 heavy (non-hydrogen) atoms. The third-order valence-electron chi connectivity index (χ3n) is 5.41. The number of ether oxygens (including phenoxy) is 2. The lowest BCUT2D eigenvalue weighted by molar-refractivity contribution is -0.123. The van der Waals surface area contributed by atoms with E-state index >= 15 is 0 Å². The van der Waals surface area contributed by atoms with Gasteiger partial charge in [-0.15, -0.1) is 0 Å². The maximum Gasteiger partial charge on any atom is 0.409 e. The maximum absolute atomic E-state index is 12.8. The Morgan fingerprint density at radius 2 is 1.79 bits per heavy atom. The minimum absolute atomic E-state index is 0.146. The predicted octanol–water partition coefficient (Wildman–Crippen LogP) is 3.95. The van der Waals surface area contributed by atoms with Gasteiger partial charge in [0.1, 0.15) is 12.6 Å². The van der Waals surface area contributed by atoms with Crippen molar-refractivity contribution in [2.75, 3.05) is 26.2 Å². The Kier molecular flexibility index (Phi) is 11.0. The second-order valence-electron chi connectivity index (χ2n) is 9.56. The number of carbonyl (C=O) groups excluding carboxylic acids is 3. The number of amides is 3. The molecule has 8 nitrogen and oxygen atoms in total. The molecule has 1 unspecified atom stereocenters. The molecule has 2 N–H and O–H groups in total. The molecule has 8 heteroatoms. The van der Waals surface area contributed by atoms with Gasteiger partial charge < -0.3 is 25.0 Å². The van der Waals surface area contributed by atoms with Crippen LogP contribution in [0.15, 0.2) is 30.3 Å². The van der Waals surface area contributed by atoms with Crippen molar-refractivity contribution in [3.63, 3.8) is 0 Å². The summed E-state index contributed by atoms with van der Waals surface area (Å²) in [7, 11) is 0. The van der Waals surface area contributed by atoms with Crippen molar-refractivity contribution in [3.8, 4) is 0 Å². The molecule has 1 heterocycles. The molecular weight excluding hydrogens is 422 g/mol. The van der Waals surface area contributed by atoms with Crippen LogP contribution >= 0.6 is 0 Å². The molecule has 0 saturated carbocycles. The first-order valence-corrected chi connectivity index (χ1v) is 11.9. The van der Waals surface area contributed by atoms with Gasteiger partial charge in [-0.3, -0.25) is 4.79 Å². The van der Waals surface area contributed by atoms with Crippen molar-refractivity contribution < 1.29 is 23.9 Å². The number of alkyl carbamates (subject to hydrolysis) is 1. The topological polar surface area (TPSA) is 97.0 Å². The molecule has 2 atom stereocenters. The van der Waals surface area contributed by atoms with E-state index in [1.807, 2.05) is 58.0 Å². The number of piperidine rings is 1. The second-order valence-corrected chi connectivity index (χ2v) is 9.56. The van der Waals surface area contributed by atoms with E-state index in [0.29, 0.717) is 38.6 Å². The Bertz CT molecular complexity index is 754. The van der Waals surface area contributed by atoms with Crippen LogP contribution in [0.1, 0.15) is 52.5 Å². The molecule has 184 valence electrons. The second kappa shape index (κ2) is 13.7. The Morgan fingerprint density at radius 1 is 1.06 bits per heavy atom. The van der Waals surface area contributed by atoms with Crippen LogP contribution in [0, 0.1) is 17.8 Å². The van der Waals surface area contributed by atoms with Gasteiger partial charge in [0.2, 0.25) is 5.91 Å². The average molecular weight is 462 g/mol. The van der Waals surface area contributed by atoms with E-state index in [1.165, 1.54) is 0 Å². The summed E-state index contributed by atoms with van der Waals surface area (Å²) < 4.78 is 10.6. The quantitative estimate of drug-likeness (QED) is 0.550. The van der Waals surface area contributed by atoms with E-state index in [-0.39, 0.29) is 30.4 Å². The highest BCUT2D eigenvalue weighted by Crippen LogP contribution is 2.17. The highest BCUT2D eigenvalue weighted by Gasteiger charge is 2.27. The molecular formula is C25H39N3O5. The number of nitrogens with zero attached hydrogens (tertiary/aromatic N) is 1. The number of carbonyl (C=O) groups is 3. The van der Waals surface area contributed by atoms with Crippen LogP contribution in [0.4, 0.5) is 9.59 Å². The maximum atomic E-state index is 12.8. The Morgan fingerprint density at radius 3 is 2.45 bits per heavy atom. The summed E-state index contributed by atoms with van der Waals surface area (Å²) in [5, 5.41) is 5.66. The molecule has 0 spiro atoms. The summed E-state index contributed by atoms with van der Waals surface area (Å²) in [4.78, 5) is 39.1. The normalized spacial score (nSPS) is 16.9. The molecule has 1 aliphatic heterocycles. The molecule has 0 radical (unpaired) electrons.